The molecule has 0 saturated carbocycles. The van der Waals surface area contributed by atoms with Gasteiger partial charge in [-0.15, -0.1) is 0 Å². The van der Waals surface area contributed by atoms with Crippen LogP contribution in [0, 0.1) is 5.82 Å². The molecule has 2 aromatic rings. The molecule has 0 unspecified atom stereocenters. The number of hydrogen-bond donors (Lipinski definition) is 2. The summed E-state index contributed by atoms with van der Waals surface area (Å²) in [6.45, 7) is 0.449. The van der Waals surface area contributed by atoms with Crippen molar-refractivity contribution in [2.75, 3.05) is 19.5 Å². The van der Waals surface area contributed by atoms with Gasteiger partial charge in [0.15, 0.2) is 23.1 Å². The number of phenolic OH excluding ortho intramolecular Hbond substituents is 1. The van der Waals surface area contributed by atoms with Crippen LogP contribution >= 0.6 is 0 Å². The number of para-hydroxylation sites is 1. The summed E-state index contributed by atoms with van der Waals surface area (Å²) < 4.78 is 23.8. The van der Waals surface area contributed by atoms with Crippen molar-refractivity contribution in [3.05, 3.63) is 47.8 Å². The van der Waals surface area contributed by atoms with Gasteiger partial charge in [0.25, 0.3) is 0 Å². The Morgan fingerprint density at radius 1 is 1.15 bits per heavy atom. The average molecular weight is 277 g/mol. The van der Waals surface area contributed by atoms with Gasteiger partial charge in [-0.25, -0.2) is 4.39 Å². The third-order valence-corrected chi connectivity index (χ3v) is 2.92. The fourth-order valence-electron chi connectivity index (χ4n) is 1.91. The van der Waals surface area contributed by atoms with E-state index in [2.05, 4.69) is 5.32 Å². The van der Waals surface area contributed by atoms with Crippen molar-refractivity contribution in [2.24, 2.45) is 0 Å². The molecule has 0 fully saturated rings. The van der Waals surface area contributed by atoms with E-state index in [1.165, 1.54) is 12.1 Å². The first-order chi connectivity index (χ1) is 9.65. The molecule has 106 valence electrons. The van der Waals surface area contributed by atoms with Crippen molar-refractivity contribution < 1.29 is 19.0 Å². The van der Waals surface area contributed by atoms with Gasteiger partial charge in [-0.1, -0.05) is 12.1 Å². The van der Waals surface area contributed by atoms with Gasteiger partial charge in [0.05, 0.1) is 14.2 Å². The second kappa shape index (κ2) is 6.14. The smallest absolute Gasteiger partial charge is 0.166 e. The number of benzene rings is 2. The minimum Gasteiger partial charge on any atom is -0.505 e. The molecule has 0 bridgehead atoms. The van der Waals surface area contributed by atoms with Crippen molar-refractivity contribution in [3.8, 4) is 17.2 Å². The Hall–Kier alpha value is -2.43. The largest absolute Gasteiger partial charge is 0.505 e. The number of nitrogens with one attached hydrogen (secondary N) is 1. The molecule has 0 aromatic heterocycles. The first kappa shape index (κ1) is 14.0. The van der Waals surface area contributed by atoms with E-state index in [9.17, 15) is 4.39 Å². The number of methoxy groups -OCH3 is 2. The normalized spacial score (nSPS) is 10.2. The van der Waals surface area contributed by atoms with E-state index >= 15 is 0 Å². The third-order valence-electron chi connectivity index (χ3n) is 2.92. The number of rotatable bonds is 5. The van der Waals surface area contributed by atoms with E-state index in [1.54, 1.807) is 20.3 Å². The highest BCUT2D eigenvalue weighted by atomic mass is 19.1. The van der Waals surface area contributed by atoms with Crippen molar-refractivity contribution in [1.82, 2.24) is 0 Å². The molecule has 4 nitrogen and oxygen atoms in total. The van der Waals surface area contributed by atoms with Crippen LogP contribution in [-0.4, -0.2) is 19.3 Å². The van der Waals surface area contributed by atoms with Crippen molar-refractivity contribution >= 4 is 5.69 Å². The molecule has 0 spiro atoms. The van der Waals surface area contributed by atoms with Crippen LogP contribution in [0.1, 0.15) is 5.56 Å². The summed E-state index contributed by atoms with van der Waals surface area (Å²) in [4.78, 5) is 0. The summed E-state index contributed by atoms with van der Waals surface area (Å²) >= 11 is 0. The van der Waals surface area contributed by atoms with Gasteiger partial charge in [0, 0.05) is 23.9 Å². The number of aromatic hydroxyl groups is 1. The number of ether oxygens (including phenoxy) is 2. The molecule has 0 radical (unpaired) electrons. The molecule has 0 heterocycles. The monoisotopic (exact) mass is 277 g/mol. The lowest BCUT2D eigenvalue weighted by Gasteiger charge is -2.13. The maximum atomic E-state index is 13.2. The van der Waals surface area contributed by atoms with E-state index in [0.717, 1.165) is 5.56 Å². The summed E-state index contributed by atoms with van der Waals surface area (Å²) in [5, 5.41) is 12.2. The van der Waals surface area contributed by atoms with Gasteiger partial charge in [-0.05, 0) is 18.2 Å². The minimum atomic E-state index is -0.660. The van der Waals surface area contributed by atoms with E-state index in [4.69, 9.17) is 14.6 Å². The molecule has 20 heavy (non-hydrogen) atoms. The summed E-state index contributed by atoms with van der Waals surface area (Å²) in [7, 11) is 3.14. The van der Waals surface area contributed by atoms with E-state index in [-0.39, 0.29) is 5.75 Å². The first-order valence-corrected chi connectivity index (χ1v) is 6.08. The van der Waals surface area contributed by atoms with Gasteiger partial charge >= 0.3 is 0 Å². The van der Waals surface area contributed by atoms with Crippen LogP contribution in [0.2, 0.25) is 0 Å². The SMILES string of the molecule is COc1cccc(CNc2ccc(O)c(F)c2)c1OC. The van der Waals surface area contributed by atoms with Crippen LogP contribution in [0.3, 0.4) is 0 Å². The summed E-state index contributed by atoms with van der Waals surface area (Å²) in [5.74, 6) is 0.257. The second-order valence-electron chi connectivity index (χ2n) is 4.17. The average Bonchev–Trinajstić information content (AvgIpc) is 2.47. The predicted octanol–water partition coefficient (Wildman–Crippen LogP) is 3.16. The zero-order valence-electron chi connectivity index (χ0n) is 11.3. The van der Waals surface area contributed by atoms with Crippen LogP contribution in [-0.2, 0) is 6.54 Å². The molecule has 5 heteroatoms. The highest BCUT2D eigenvalue weighted by Crippen LogP contribution is 2.31. The van der Waals surface area contributed by atoms with Crippen molar-refractivity contribution in [2.45, 2.75) is 6.54 Å². The van der Waals surface area contributed by atoms with Crippen LogP contribution in [0.15, 0.2) is 36.4 Å². The summed E-state index contributed by atoms with van der Waals surface area (Å²) in [5.41, 5.74) is 1.46. The number of phenols is 1. The van der Waals surface area contributed by atoms with Gasteiger partial charge in [-0.3, -0.25) is 0 Å². The number of hydrogen-bond acceptors (Lipinski definition) is 4. The minimum absolute atomic E-state index is 0.366. The van der Waals surface area contributed by atoms with E-state index in [0.29, 0.717) is 23.7 Å². The lowest BCUT2D eigenvalue weighted by atomic mass is 10.1. The Kier molecular flexibility index (Phi) is 4.30. The lowest BCUT2D eigenvalue weighted by Crippen LogP contribution is -2.03. The zero-order chi connectivity index (χ0) is 14.5. The fraction of sp³-hybridized carbons (Fsp3) is 0.200. The fourth-order valence-corrected chi connectivity index (χ4v) is 1.91. The Morgan fingerprint density at radius 3 is 2.60 bits per heavy atom. The molecule has 2 rings (SSSR count). The molecule has 0 aliphatic rings. The predicted molar refractivity (Wildman–Crippen MR) is 74.9 cm³/mol. The molecular weight excluding hydrogens is 261 g/mol. The van der Waals surface area contributed by atoms with Gasteiger partial charge in [0.2, 0.25) is 0 Å². The van der Waals surface area contributed by atoms with Crippen LogP contribution < -0.4 is 14.8 Å². The molecule has 0 aliphatic carbocycles. The number of anilines is 1. The highest BCUT2D eigenvalue weighted by Gasteiger charge is 2.09. The maximum absolute atomic E-state index is 13.2. The molecule has 0 saturated heterocycles. The Balaban J connectivity index is 2.16. The third kappa shape index (κ3) is 2.93. The van der Waals surface area contributed by atoms with Crippen LogP contribution in [0.25, 0.3) is 0 Å². The lowest BCUT2D eigenvalue weighted by molar-refractivity contribution is 0.352. The topological polar surface area (TPSA) is 50.7 Å². The standard InChI is InChI=1S/C15H16FNO3/c1-19-14-5-3-4-10(15(14)20-2)9-17-11-6-7-13(18)12(16)8-11/h3-8,17-18H,9H2,1-2H3. The first-order valence-electron chi connectivity index (χ1n) is 6.08. The van der Waals surface area contributed by atoms with Gasteiger partial charge in [-0.2, -0.15) is 0 Å². The quantitative estimate of drug-likeness (QED) is 0.824. The molecule has 2 aromatic carbocycles. The van der Waals surface area contributed by atoms with Gasteiger partial charge < -0.3 is 19.9 Å². The maximum Gasteiger partial charge on any atom is 0.166 e. The Morgan fingerprint density at radius 2 is 1.95 bits per heavy atom. The Bertz CT molecular complexity index is 602. The summed E-state index contributed by atoms with van der Waals surface area (Å²) in [6, 6.07) is 9.71. The molecule has 0 amide bonds. The van der Waals surface area contributed by atoms with Gasteiger partial charge in [0.1, 0.15) is 0 Å². The zero-order valence-corrected chi connectivity index (χ0v) is 11.3. The molecule has 2 N–H and O–H groups in total. The Labute approximate surface area is 116 Å². The van der Waals surface area contributed by atoms with E-state index in [1.807, 2.05) is 18.2 Å². The molecule has 0 aliphatic heterocycles. The highest BCUT2D eigenvalue weighted by molar-refractivity contribution is 5.51. The van der Waals surface area contributed by atoms with Crippen molar-refractivity contribution in [1.29, 1.82) is 0 Å². The molecule has 0 atom stereocenters. The number of halogens is 1. The second-order valence-corrected chi connectivity index (χ2v) is 4.17. The van der Waals surface area contributed by atoms with Crippen LogP contribution in [0.5, 0.6) is 17.2 Å². The van der Waals surface area contributed by atoms with Crippen LogP contribution in [0.4, 0.5) is 10.1 Å². The summed E-state index contributed by atoms with van der Waals surface area (Å²) in [6.07, 6.45) is 0. The van der Waals surface area contributed by atoms with E-state index < -0.39 is 5.82 Å². The molecular formula is C15H16FNO3. The van der Waals surface area contributed by atoms with Crippen molar-refractivity contribution in [3.63, 3.8) is 0 Å².